The molecule has 0 atom stereocenters. The lowest BCUT2D eigenvalue weighted by Gasteiger charge is -2.01. The molecule has 0 unspecified atom stereocenters. The summed E-state index contributed by atoms with van der Waals surface area (Å²) in [6.07, 6.45) is 2.78. The van der Waals surface area contributed by atoms with Gasteiger partial charge in [0.2, 0.25) is 5.16 Å². The number of nitrogens with two attached hydrogens (primary N) is 1. The summed E-state index contributed by atoms with van der Waals surface area (Å²) in [5.74, 6) is 0.798. The predicted octanol–water partition coefficient (Wildman–Crippen LogP) is 1.41. The summed E-state index contributed by atoms with van der Waals surface area (Å²) in [7, 11) is 0. The second-order valence-electron chi connectivity index (χ2n) is 4.14. The minimum atomic E-state index is 0.587. The average Bonchev–Trinajstić information content (AvgIpc) is 2.96. The van der Waals surface area contributed by atoms with E-state index in [1.165, 1.54) is 11.8 Å². The van der Waals surface area contributed by atoms with Crippen molar-refractivity contribution in [1.29, 1.82) is 0 Å². The van der Waals surface area contributed by atoms with Gasteiger partial charge in [-0.25, -0.2) is 9.97 Å². The maximum absolute atomic E-state index is 5.69. The monoisotopic (exact) mass is 274 g/mol. The number of aromatic nitrogens is 5. The van der Waals surface area contributed by atoms with Gasteiger partial charge in [0.1, 0.15) is 16.5 Å². The fourth-order valence-corrected chi connectivity index (χ4v) is 2.83. The van der Waals surface area contributed by atoms with Crippen molar-refractivity contribution in [3.63, 3.8) is 0 Å². The largest absolute Gasteiger partial charge is 0.330 e. The summed E-state index contributed by atoms with van der Waals surface area (Å²) in [6, 6.07) is 5.94. The van der Waals surface area contributed by atoms with Crippen LogP contribution >= 0.6 is 11.8 Å². The SMILES string of the molecule is Cc1nc(Sc2nc3ccccn3c2CCN)n[nH]1. The van der Waals surface area contributed by atoms with Gasteiger partial charge in [0.15, 0.2) is 0 Å². The van der Waals surface area contributed by atoms with Gasteiger partial charge in [-0.2, -0.15) is 0 Å². The minimum absolute atomic E-state index is 0.587. The molecule has 0 spiro atoms. The molecule has 0 aliphatic carbocycles. The molecule has 0 saturated carbocycles. The molecule has 0 aliphatic heterocycles. The first-order valence-corrected chi connectivity index (χ1v) is 6.82. The number of hydrogen-bond donors (Lipinski definition) is 2. The lowest BCUT2D eigenvalue weighted by atomic mass is 10.3. The molecule has 6 nitrogen and oxygen atoms in total. The van der Waals surface area contributed by atoms with E-state index >= 15 is 0 Å². The molecule has 0 saturated heterocycles. The zero-order valence-corrected chi connectivity index (χ0v) is 11.3. The first-order valence-electron chi connectivity index (χ1n) is 6.01. The van der Waals surface area contributed by atoms with Gasteiger partial charge in [-0.15, -0.1) is 5.10 Å². The number of H-pyrrole nitrogens is 1. The van der Waals surface area contributed by atoms with Crippen molar-refractivity contribution < 1.29 is 0 Å². The highest BCUT2D eigenvalue weighted by atomic mass is 32.2. The van der Waals surface area contributed by atoms with Crippen molar-refractivity contribution in [3.8, 4) is 0 Å². The fourth-order valence-electron chi connectivity index (χ4n) is 1.93. The zero-order valence-electron chi connectivity index (χ0n) is 10.5. The lowest BCUT2D eigenvalue weighted by Crippen LogP contribution is -2.05. The van der Waals surface area contributed by atoms with E-state index in [-0.39, 0.29) is 0 Å². The molecule has 3 heterocycles. The standard InChI is InChI=1S/C12H14N6S/c1-8-14-12(17-16-8)19-11-9(5-6-13)18-7-3-2-4-10(18)15-11/h2-4,7H,5-6,13H2,1H3,(H,14,16,17). The first-order chi connectivity index (χ1) is 9.28. The van der Waals surface area contributed by atoms with E-state index in [0.29, 0.717) is 11.7 Å². The predicted molar refractivity (Wildman–Crippen MR) is 73.2 cm³/mol. The van der Waals surface area contributed by atoms with Crippen LogP contribution in [0.4, 0.5) is 0 Å². The van der Waals surface area contributed by atoms with E-state index < -0.39 is 0 Å². The van der Waals surface area contributed by atoms with Crippen LogP contribution in [0.5, 0.6) is 0 Å². The molecule has 7 heteroatoms. The number of rotatable bonds is 4. The Bertz CT molecular complexity index is 701. The third-order valence-corrected chi connectivity index (χ3v) is 3.62. The lowest BCUT2D eigenvalue weighted by molar-refractivity contribution is 0.873. The molecule has 0 amide bonds. The second-order valence-corrected chi connectivity index (χ2v) is 5.09. The smallest absolute Gasteiger partial charge is 0.214 e. The van der Waals surface area contributed by atoms with Crippen LogP contribution in [0.15, 0.2) is 34.6 Å². The van der Waals surface area contributed by atoms with Crippen LogP contribution in [0.3, 0.4) is 0 Å². The maximum atomic E-state index is 5.69. The number of imidazole rings is 1. The maximum Gasteiger partial charge on any atom is 0.214 e. The van der Waals surface area contributed by atoms with Crippen molar-refractivity contribution in [2.45, 2.75) is 23.5 Å². The summed E-state index contributed by atoms with van der Waals surface area (Å²) in [5, 5.41) is 8.55. The number of aromatic amines is 1. The van der Waals surface area contributed by atoms with Crippen LogP contribution in [0.1, 0.15) is 11.5 Å². The number of nitrogens with zero attached hydrogens (tertiary/aromatic N) is 4. The highest BCUT2D eigenvalue weighted by molar-refractivity contribution is 7.99. The first kappa shape index (κ1) is 12.2. The Morgan fingerprint density at radius 2 is 2.26 bits per heavy atom. The number of hydrogen-bond acceptors (Lipinski definition) is 5. The summed E-state index contributed by atoms with van der Waals surface area (Å²) in [6.45, 7) is 2.46. The molecular formula is C12H14N6S. The number of pyridine rings is 1. The van der Waals surface area contributed by atoms with Crippen LogP contribution in [0.2, 0.25) is 0 Å². The van der Waals surface area contributed by atoms with E-state index in [4.69, 9.17) is 5.73 Å². The Hall–Kier alpha value is -1.86. The van der Waals surface area contributed by atoms with E-state index in [0.717, 1.165) is 28.6 Å². The van der Waals surface area contributed by atoms with Gasteiger partial charge in [-0.3, -0.25) is 5.10 Å². The third-order valence-electron chi connectivity index (χ3n) is 2.74. The molecule has 3 N–H and O–H groups in total. The van der Waals surface area contributed by atoms with Crippen LogP contribution in [0, 0.1) is 6.92 Å². The molecule has 0 bridgehead atoms. The molecule has 0 radical (unpaired) electrons. The Labute approximate surface area is 114 Å². The molecule has 0 aliphatic rings. The fraction of sp³-hybridized carbons (Fsp3) is 0.250. The number of fused-ring (bicyclic) bond motifs is 1. The normalized spacial score (nSPS) is 11.3. The average molecular weight is 274 g/mol. The third kappa shape index (κ3) is 2.34. The molecule has 0 aromatic carbocycles. The van der Waals surface area contributed by atoms with Crippen molar-refractivity contribution in [2.24, 2.45) is 5.73 Å². The van der Waals surface area contributed by atoms with Crippen molar-refractivity contribution >= 4 is 17.4 Å². The van der Waals surface area contributed by atoms with Crippen molar-refractivity contribution in [1.82, 2.24) is 24.6 Å². The minimum Gasteiger partial charge on any atom is -0.330 e. The van der Waals surface area contributed by atoms with Gasteiger partial charge in [-0.1, -0.05) is 6.07 Å². The van der Waals surface area contributed by atoms with Gasteiger partial charge in [0.25, 0.3) is 0 Å². The summed E-state index contributed by atoms with van der Waals surface area (Å²) in [5.41, 5.74) is 7.71. The second kappa shape index (κ2) is 5.02. The van der Waals surface area contributed by atoms with E-state index in [2.05, 4.69) is 24.6 Å². The van der Waals surface area contributed by atoms with Crippen LogP contribution in [-0.2, 0) is 6.42 Å². The molecule has 0 fully saturated rings. The summed E-state index contributed by atoms with van der Waals surface area (Å²) < 4.78 is 2.06. The van der Waals surface area contributed by atoms with Crippen LogP contribution in [-0.4, -0.2) is 31.1 Å². The molecule has 3 aromatic heterocycles. The number of nitrogens with one attached hydrogen (secondary N) is 1. The van der Waals surface area contributed by atoms with Gasteiger partial charge in [0.05, 0.1) is 5.69 Å². The number of aryl methyl sites for hydroxylation is 1. The van der Waals surface area contributed by atoms with Crippen molar-refractivity contribution in [3.05, 3.63) is 35.9 Å². The zero-order chi connectivity index (χ0) is 13.2. The molecule has 3 rings (SSSR count). The topological polar surface area (TPSA) is 84.9 Å². The molecular weight excluding hydrogens is 260 g/mol. The quantitative estimate of drug-likeness (QED) is 0.751. The highest BCUT2D eigenvalue weighted by Crippen LogP contribution is 2.28. The van der Waals surface area contributed by atoms with Gasteiger partial charge < -0.3 is 10.1 Å². The van der Waals surface area contributed by atoms with Crippen LogP contribution < -0.4 is 5.73 Å². The van der Waals surface area contributed by atoms with Crippen LogP contribution in [0.25, 0.3) is 5.65 Å². The van der Waals surface area contributed by atoms with E-state index in [1.807, 2.05) is 31.3 Å². The summed E-state index contributed by atoms with van der Waals surface area (Å²) >= 11 is 1.46. The van der Waals surface area contributed by atoms with Crippen molar-refractivity contribution in [2.75, 3.05) is 6.54 Å². The molecule has 19 heavy (non-hydrogen) atoms. The van der Waals surface area contributed by atoms with E-state index in [9.17, 15) is 0 Å². The van der Waals surface area contributed by atoms with Gasteiger partial charge in [0, 0.05) is 12.6 Å². The Morgan fingerprint density at radius 3 is 3.00 bits per heavy atom. The molecule has 98 valence electrons. The Morgan fingerprint density at radius 1 is 1.37 bits per heavy atom. The Balaban J connectivity index is 2.04. The summed E-state index contributed by atoms with van der Waals surface area (Å²) in [4.78, 5) is 8.91. The highest BCUT2D eigenvalue weighted by Gasteiger charge is 2.14. The molecule has 3 aromatic rings. The van der Waals surface area contributed by atoms with Gasteiger partial charge >= 0.3 is 0 Å². The van der Waals surface area contributed by atoms with E-state index in [1.54, 1.807) is 0 Å². The van der Waals surface area contributed by atoms with Gasteiger partial charge in [-0.05, 0) is 37.4 Å². The Kier molecular flexibility index (Phi) is 3.22.